The SMILES string of the molecule is Cc1cc(NC(=O)c2ccc(Cl)cc2O)ccc1Cl. The second-order valence-electron chi connectivity index (χ2n) is 4.08. The van der Waals surface area contributed by atoms with Crippen LogP contribution in [0.3, 0.4) is 0 Å². The highest BCUT2D eigenvalue weighted by Gasteiger charge is 2.12. The van der Waals surface area contributed by atoms with Crippen molar-refractivity contribution < 1.29 is 9.90 Å². The molecule has 0 unspecified atom stereocenters. The van der Waals surface area contributed by atoms with Crippen molar-refractivity contribution in [2.24, 2.45) is 0 Å². The van der Waals surface area contributed by atoms with Gasteiger partial charge in [0.05, 0.1) is 5.56 Å². The fourth-order valence-corrected chi connectivity index (χ4v) is 1.90. The van der Waals surface area contributed by atoms with Crippen molar-refractivity contribution in [2.45, 2.75) is 6.92 Å². The smallest absolute Gasteiger partial charge is 0.259 e. The molecule has 98 valence electrons. The van der Waals surface area contributed by atoms with E-state index in [1.54, 1.807) is 24.3 Å². The molecule has 2 N–H and O–H groups in total. The molecule has 0 bridgehead atoms. The average molecular weight is 296 g/mol. The molecule has 2 rings (SSSR count). The Balaban J connectivity index is 2.23. The van der Waals surface area contributed by atoms with Crippen molar-refractivity contribution in [3.8, 4) is 5.75 Å². The van der Waals surface area contributed by atoms with E-state index in [-0.39, 0.29) is 11.3 Å². The van der Waals surface area contributed by atoms with Crippen LogP contribution in [0.1, 0.15) is 15.9 Å². The summed E-state index contributed by atoms with van der Waals surface area (Å²) in [6.07, 6.45) is 0. The molecule has 0 aliphatic carbocycles. The summed E-state index contributed by atoms with van der Waals surface area (Å²) in [4.78, 5) is 12.0. The molecule has 0 spiro atoms. The summed E-state index contributed by atoms with van der Waals surface area (Å²) in [7, 11) is 0. The quantitative estimate of drug-likeness (QED) is 0.870. The van der Waals surface area contributed by atoms with Gasteiger partial charge in [0.15, 0.2) is 0 Å². The minimum atomic E-state index is -0.407. The standard InChI is InChI=1S/C14H11Cl2NO2/c1-8-6-10(3-5-12(8)16)17-14(19)11-4-2-9(15)7-13(11)18/h2-7,18H,1H3,(H,17,19). The minimum absolute atomic E-state index is 0.157. The maximum absolute atomic E-state index is 12.0. The summed E-state index contributed by atoms with van der Waals surface area (Å²) in [5, 5.41) is 13.4. The van der Waals surface area contributed by atoms with E-state index < -0.39 is 5.91 Å². The van der Waals surface area contributed by atoms with Gasteiger partial charge in [0.25, 0.3) is 5.91 Å². The first-order valence-corrected chi connectivity index (χ1v) is 6.29. The van der Waals surface area contributed by atoms with Crippen LogP contribution in [0.2, 0.25) is 10.0 Å². The lowest BCUT2D eigenvalue weighted by atomic mass is 10.1. The maximum Gasteiger partial charge on any atom is 0.259 e. The first kappa shape index (κ1) is 13.7. The highest BCUT2D eigenvalue weighted by molar-refractivity contribution is 6.31. The number of hydrogen-bond donors (Lipinski definition) is 2. The van der Waals surface area contributed by atoms with E-state index >= 15 is 0 Å². The summed E-state index contributed by atoms with van der Waals surface area (Å²) >= 11 is 11.6. The first-order valence-electron chi connectivity index (χ1n) is 5.53. The van der Waals surface area contributed by atoms with E-state index in [4.69, 9.17) is 23.2 Å². The minimum Gasteiger partial charge on any atom is -0.507 e. The van der Waals surface area contributed by atoms with Crippen LogP contribution in [-0.4, -0.2) is 11.0 Å². The van der Waals surface area contributed by atoms with Crippen LogP contribution >= 0.6 is 23.2 Å². The van der Waals surface area contributed by atoms with E-state index in [1.807, 2.05) is 6.92 Å². The third-order valence-corrected chi connectivity index (χ3v) is 3.28. The topological polar surface area (TPSA) is 49.3 Å². The summed E-state index contributed by atoms with van der Waals surface area (Å²) in [5.74, 6) is -0.563. The van der Waals surface area contributed by atoms with Crippen LogP contribution in [0.4, 0.5) is 5.69 Å². The van der Waals surface area contributed by atoms with E-state index in [0.717, 1.165) is 5.56 Å². The van der Waals surface area contributed by atoms with Gasteiger partial charge in [-0.3, -0.25) is 4.79 Å². The number of hydrogen-bond acceptors (Lipinski definition) is 2. The summed E-state index contributed by atoms with van der Waals surface area (Å²) in [6.45, 7) is 1.84. The van der Waals surface area contributed by atoms with E-state index in [9.17, 15) is 9.90 Å². The molecular weight excluding hydrogens is 285 g/mol. The Morgan fingerprint density at radius 1 is 1.16 bits per heavy atom. The summed E-state index contributed by atoms with van der Waals surface area (Å²) in [5.41, 5.74) is 1.64. The van der Waals surface area contributed by atoms with E-state index in [0.29, 0.717) is 15.7 Å². The van der Waals surface area contributed by atoms with Gasteiger partial charge in [0.2, 0.25) is 0 Å². The lowest BCUT2D eigenvalue weighted by Gasteiger charge is -2.08. The van der Waals surface area contributed by atoms with Crippen LogP contribution < -0.4 is 5.32 Å². The highest BCUT2D eigenvalue weighted by atomic mass is 35.5. The van der Waals surface area contributed by atoms with Crippen molar-refractivity contribution in [3.05, 3.63) is 57.6 Å². The molecule has 2 aromatic carbocycles. The van der Waals surface area contributed by atoms with Gasteiger partial charge in [0.1, 0.15) is 5.75 Å². The number of rotatable bonds is 2. The van der Waals surface area contributed by atoms with Gasteiger partial charge in [-0.2, -0.15) is 0 Å². The van der Waals surface area contributed by atoms with Gasteiger partial charge in [0, 0.05) is 15.7 Å². The Morgan fingerprint density at radius 2 is 1.89 bits per heavy atom. The number of benzene rings is 2. The number of aromatic hydroxyl groups is 1. The number of nitrogens with one attached hydrogen (secondary N) is 1. The van der Waals surface area contributed by atoms with E-state index in [2.05, 4.69) is 5.32 Å². The van der Waals surface area contributed by atoms with Gasteiger partial charge in [-0.25, -0.2) is 0 Å². The molecule has 0 heterocycles. The normalized spacial score (nSPS) is 10.3. The second-order valence-corrected chi connectivity index (χ2v) is 4.92. The molecule has 19 heavy (non-hydrogen) atoms. The van der Waals surface area contributed by atoms with Crippen molar-refractivity contribution in [3.63, 3.8) is 0 Å². The van der Waals surface area contributed by atoms with Crippen molar-refractivity contribution in [2.75, 3.05) is 5.32 Å². The zero-order valence-electron chi connectivity index (χ0n) is 10.1. The number of amides is 1. The van der Waals surface area contributed by atoms with Gasteiger partial charge in [-0.1, -0.05) is 23.2 Å². The Bertz CT molecular complexity index is 641. The Kier molecular flexibility index (Phi) is 3.98. The summed E-state index contributed by atoms with van der Waals surface area (Å²) in [6, 6.07) is 9.49. The Morgan fingerprint density at radius 3 is 2.53 bits per heavy atom. The number of aryl methyl sites for hydroxylation is 1. The van der Waals surface area contributed by atoms with Gasteiger partial charge in [-0.05, 0) is 48.9 Å². The molecule has 1 amide bonds. The third kappa shape index (κ3) is 3.19. The van der Waals surface area contributed by atoms with Crippen molar-refractivity contribution in [1.29, 1.82) is 0 Å². The van der Waals surface area contributed by atoms with Crippen molar-refractivity contribution in [1.82, 2.24) is 0 Å². The molecular formula is C14H11Cl2NO2. The Hall–Kier alpha value is -1.71. The van der Waals surface area contributed by atoms with E-state index in [1.165, 1.54) is 12.1 Å². The average Bonchev–Trinajstić information content (AvgIpc) is 2.33. The largest absolute Gasteiger partial charge is 0.507 e. The number of phenols is 1. The second kappa shape index (κ2) is 5.51. The van der Waals surface area contributed by atoms with Gasteiger partial charge < -0.3 is 10.4 Å². The number of carbonyl (C=O) groups excluding carboxylic acids is 1. The fourth-order valence-electron chi connectivity index (χ4n) is 1.62. The van der Waals surface area contributed by atoms with Crippen LogP contribution in [0.15, 0.2) is 36.4 Å². The Labute approximate surface area is 120 Å². The summed E-state index contributed by atoms with van der Waals surface area (Å²) < 4.78 is 0. The van der Waals surface area contributed by atoms with Crippen LogP contribution in [0, 0.1) is 6.92 Å². The molecule has 0 aliphatic heterocycles. The van der Waals surface area contributed by atoms with Gasteiger partial charge in [-0.15, -0.1) is 0 Å². The number of anilines is 1. The lowest BCUT2D eigenvalue weighted by molar-refractivity contribution is 0.102. The third-order valence-electron chi connectivity index (χ3n) is 2.62. The molecule has 5 heteroatoms. The monoisotopic (exact) mass is 295 g/mol. The predicted octanol–water partition coefficient (Wildman–Crippen LogP) is 4.26. The number of carbonyl (C=O) groups is 1. The fraction of sp³-hybridized carbons (Fsp3) is 0.0714. The zero-order chi connectivity index (χ0) is 14.0. The van der Waals surface area contributed by atoms with Crippen LogP contribution in [0.5, 0.6) is 5.75 Å². The molecule has 0 aromatic heterocycles. The first-order chi connectivity index (χ1) is 8.97. The molecule has 0 atom stereocenters. The molecule has 0 fully saturated rings. The lowest BCUT2D eigenvalue weighted by Crippen LogP contribution is -2.12. The maximum atomic E-state index is 12.0. The molecule has 0 radical (unpaired) electrons. The molecule has 2 aromatic rings. The number of halogens is 2. The molecule has 0 saturated carbocycles. The zero-order valence-corrected chi connectivity index (χ0v) is 11.6. The molecule has 0 aliphatic rings. The molecule has 3 nitrogen and oxygen atoms in total. The van der Waals surface area contributed by atoms with Crippen molar-refractivity contribution >= 4 is 34.8 Å². The number of phenolic OH excluding ortho intramolecular Hbond substituents is 1. The predicted molar refractivity (Wildman–Crippen MR) is 77.3 cm³/mol. The van der Waals surface area contributed by atoms with Crippen LogP contribution in [-0.2, 0) is 0 Å². The molecule has 0 saturated heterocycles. The van der Waals surface area contributed by atoms with Crippen LogP contribution in [0.25, 0.3) is 0 Å². The van der Waals surface area contributed by atoms with Gasteiger partial charge >= 0.3 is 0 Å². The highest BCUT2D eigenvalue weighted by Crippen LogP contribution is 2.24.